The number of aryl methyl sites for hydroxylation is 1. The number of nitrogens with one attached hydrogen (secondary N) is 3. The fraction of sp³-hybridized carbons (Fsp3) is 0.409. The van der Waals surface area contributed by atoms with Crippen LogP contribution in [0, 0.1) is 17.0 Å². The Morgan fingerprint density at radius 2 is 1.90 bits per heavy atom. The van der Waals surface area contributed by atoms with Gasteiger partial charge >= 0.3 is 0 Å². The predicted octanol–water partition coefficient (Wildman–Crippen LogP) is 0.222. The van der Waals surface area contributed by atoms with E-state index in [1.165, 1.54) is 27.0 Å². The Balaban J connectivity index is 1.56. The van der Waals surface area contributed by atoms with Crippen LogP contribution in [0.4, 0.5) is 11.4 Å². The number of benzene rings is 2. The van der Waals surface area contributed by atoms with E-state index in [-0.39, 0.29) is 23.3 Å². The first-order valence-electron chi connectivity index (χ1n) is 10.2. The lowest BCUT2D eigenvalue weighted by Crippen LogP contribution is -3.29. The molecule has 1 heterocycles. The molecule has 8 heteroatoms. The zero-order chi connectivity index (χ0) is 21.7. The Morgan fingerprint density at radius 3 is 2.57 bits per heavy atom. The van der Waals surface area contributed by atoms with Crippen LogP contribution in [-0.4, -0.2) is 50.2 Å². The summed E-state index contributed by atoms with van der Waals surface area (Å²) >= 11 is 0. The normalized spacial score (nSPS) is 19.7. The Kier molecular flexibility index (Phi) is 7.02. The minimum atomic E-state index is -0.477. The smallest absolute Gasteiger partial charge is 0.292 e. The first-order valence-corrected chi connectivity index (χ1v) is 10.2. The topological polar surface area (TPSA) is 90.4 Å². The summed E-state index contributed by atoms with van der Waals surface area (Å²) in [6.07, 6.45) is 0. The van der Waals surface area contributed by atoms with Gasteiger partial charge in [0.25, 0.3) is 11.6 Å². The van der Waals surface area contributed by atoms with E-state index in [1.54, 1.807) is 25.3 Å². The quantitative estimate of drug-likeness (QED) is 0.447. The van der Waals surface area contributed by atoms with Crippen LogP contribution in [0.5, 0.6) is 5.75 Å². The number of amides is 1. The van der Waals surface area contributed by atoms with E-state index in [4.69, 9.17) is 4.74 Å². The van der Waals surface area contributed by atoms with Gasteiger partial charge in [0.2, 0.25) is 0 Å². The molecule has 2 aromatic carbocycles. The molecule has 0 radical (unpaired) electrons. The number of carbonyl (C=O) groups is 1. The average Bonchev–Trinajstić information content (AvgIpc) is 2.74. The summed E-state index contributed by atoms with van der Waals surface area (Å²) in [5.74, 6) is 0.725. The Bertz CT molecular complexity index is 910. The third-order valence-corrected chi connectivity index (χ3v) is 5.84. The maximum atomic E-state index is 12.7. The number of carbonyl (C=O) groups excluding carboxylic acids is 1. The average molecular weight is 415 g/mol. The van der Waals surface area contributed by atoms with Gasteiger partial charge in [0.05, 0.1) is 12.0 Å². The monoisotopic (exact) mass is 414 g/mol. The number of piperazine rings is 1. The second kappa shape index (κ2) is 9.69. The lowest BCUT2D eigenvalue weighted by atomic mass is 10.1. The Morgan fingerprint density at radius 1 is 1.20 bits per heavy atom. The number of quaternary nitrogens is 2. The van der Waals surface area contributed by atoms with Crippen LogP contribution in [-0.2, 0) is 11.3 Å². The van der Waals surface area contributed by atoms with Crippen molar-refractivity contribution in [2.24, 2.45) is 0 Å². The van der Waals surface area contributed by atoms with Crippen molar-refractivity contribution in [2.45, 2.75) is 26.4 Å². The number of anilines is 1. The molecule has 3 rings (SSSR count). The molecule has 1 atom stereocenters. The third kappa shape index (κ3) is 5.14. The number of methoxy groups -OCH3 is 1. The number of hydrogen-bond donors (Lipinski definition) is 3. The number of hydrogen-bond acceptors (Lipinski definition) is 4. The second-order valence-electron chi connectivity index (χ2n) is 7.89. The van der Waals surface area contributed by atoms with Gasteiger partial charge < -0.3 is 19.9 Å². The molecule has 30 heavy (non-hydrogen) atoms. The van der Waals surface area contributed by atoms with Gasteiger partial charge in [-0.15, -0.1) is 0 Å². The maximum absolute atomic E-state index is 12.7. The summed E-state index contributed by atoms with van der Waals surface area (Å²) in [4.78, 5) is 26.1. The lowest BCUT2D eigenvalue weighted by molar-refractivity contribution is -1.02. The summed E-state index contributed by atoms with van der Waals surface area (Å²) in [6, 6.07) is 12.2. The van der Waals surface area contributed by atoms with Crippen LogP contribution in [0.25, 0.3) is 0 Å². The van der Waals surface area contributed by atoms with E-state index in [1.807, 2.05) is 13.0 Å². The zero-order valence-electron chi connectivity index (χ0n) is 17.7. The van der Waals surface area contributed by atoms with E-state index in [0.29, 0.717) is 0 Å². The number of para-hydroxylation sites is 2. The molecule has 1 fully saturated rings. The van der Waals surface area contributed by atoms with Crippen molar-refractivity contribution in [3.8, 4) is 5.75 Å². The highest BCUT2D eigenvalue weighted by Gasteiger charge is 2.32. The van der Waals surface area contributed by atoms with Crippen molar-refractivity contribution in [2.75, 3.05) is 38.6 Å². The summed E-state index contributed by atoms with van der Waals surface area (Å²) < 4.78 is 5.50. The maximum Gasteiger partial charge on any atom is 0.292 e. The molecule has 0 bridgehead atoms. The van der Waals surface area contributed by atoms with Crippen molar-refractivity contribution in [1.29, 1.82) is 0 Å². The van der Waals surface area contributed by atoms with Crippen LogP contribution in [0.3, 0.4) is 0 Å². The molecule has 0 saturated carbocycles. The lowest BCUT2D eigenvalue weighted by Gasteiger charge is -2.32. The van der Waals surface area contributed by atoms with E-state index in [2.05, 4.69) is 24.4 Å². The second-order valence-corrected chi connectivity index (χ2v) is 7.89. The predicted molar refractivity (Wildman–Crippen MR) is 114 cm³/mol. The van der Waals surface area contributed by atoms with E-state index in [9.17, 15) is 14.9 Å². The fourth-order valence-corrected chi connectivity index (χ4v) is 4.01. The molecule has 0 spiro atoms. The largest absolute Gasteiger partial charge is 0.496 e. The first kappa shape index (κ1) is 21.7. The highest BCUT2D eigenvalue weighted by Crippen LogP contribution is 2.23. The van der Waals surface area contributed by atoms with Crippen LogP contribution < -0.4 is 19.9 Å². The molecule has 3 N–H and O–H groups in total. The van der Waals surface area contributed by atoms with Gasteiger partial charge in [0.1, 0.15) is 44.2 Å². The SMILES string of the molecule is COc1ccc(C)cc1C[NH+]1CC[NH+]([C@@H](C)C(=O)Nc2ccccc2[N+](=O)[O-])CC1. The molecular weight excluding hydrogens is 384 g/mol. The van der Waals surface area contributed by atoms with Gasteiger partial charge in [-0.3, -0.25) is 14.9 Å². The van der Waals surface area contributed by atoms with Gasteiger partial charge in [-0.25, -0.2) is 0 Å². The minimum Gasteiger partial charge on any atom is -0.496 e. The van der Waals surface area contributed by atoms with Crippen LogP contribution in [0.2, 0.25) is 0 Å². The minimum absolute atomic E-state index is 0.0885. The highest BCUT2D eigenvalue weighted by atomic mass is 16.6. The summed E-state index contributed by atoms with van der Waals surface area (Å²) in [7, 11) is 1.70. The standard InChI is InChI=1S/C22H28N4O4/c1-16-8-9-21(30-3)18(14-16)15-24-10-12-25(13-11-24)17(2)22(27)23-19-6-4-5-7-20(19)26(28)29/h4-9,14,17H,10-13,15H2,1-3H3,(H,23,27)/p+2/t17-/m0/s1. The summed E-state index contributed by atoms with van der Waals surface area (Å²) in [5, 5.41) is 13.9. The fourth-order valence-electron chi connectivity index (χ4n) is 4.01. The zero-order valence-corrected chi connectivity index (χ0v) is 17.7. The van der Waals surface area contributed by atoms with Gasteiger partial charge in [0.15, 0.2) is 6.04 Å². The number of nitro groups is 1. The van der Waals surface area contributed by atoms with E-state index in [0.717, 1.165) is 38.5 Å². The third-order valence-electron chi connectivity index (χ3n) is 5.84. The van der Waals surface area contributed by atoms with Gasteiger partial charge in [-0.05, 0) is 32.0 Å². The van der Waals surface area contributed by atoms with Crippen LogP contribution in [0.1, 0.15) is 18.1 Å². The molecular formula is C22H30N4O4+2. The van der Waals surface area contributed by atoms with E-state index < -0.39 is 4.92 Å². The molecule has 1 aliphatic heterocycles. The Hall–Kier alpha value is -2.97. The Labute approximate surface area is 176 Å². The molecule has 2 aromatic rings. The number of nitro benzene ring substituents is 1. The molecule has 160 valence electrons. The summed E-state index contributed by atoms with van der Waals surface area (Å²) in [6.45, 7) is 8.51. The van der Waals surface area contributed by atoms with Gasteiger partial charge in [0, 0.05) is 11.6 Å². The van der Waals surface area contributed by atoms with E-state index >= 15 is 0 Å². The molecule has 0 unspecified atom stereocenters. The van der Waals surface area contributed by atoms with Crippen LogP contribution >= 0.6 is 0 Å². The van der Waals surface area contributed by atoms with Crippen molar-refractivity contribution in [3.63, 3.8) is 0 Å². The van der Waals surface area contributed by atoms with Gasteiger partial charge in [-0.2, -0.15) is 0 Å². The van der Waals surface area contributed by atoms with Crippen molar-refractivity contribution >= 4 is 17.3 Å². The molecule has 1 amide bonds. The van der Waals surface area contributed by atoms with Crippen LogP contribution in [0.15, 0.2) is 42.5 Å². The van der Waals surface area contributed by atoms with Crippen molar-refractivity contribution in [1.82, 2.24) is 0 Å². The first-order chi connectivity index (χ1) is 14.4. The molecule has 1 saturated heterocycles. The van der Waals surface area contributed by atoms with Gasteiger partial charge in [-0.1, -0.05) is 23.8 Å². The number of ether oxygens (including phenoxy) is 1. The number of nitrogens with zero attached hydrogens (tertiary/aromatic N) is 1. The highest BCUT2D eigenvalue weighted by molar-refractivity contribution is 5.95. The molecule has 8 nitrogen and oxygen atoms in total. The molecule has 0 aliphatic carbocycles. The summed E-state index contributed by atoms with van der Waals surface area (Å²) in [5.41, 5.74) is 2.58. The van der Waals surface area contributed by atoms with Crippen molar-refractivity contribution < 1.29 is 24.3 Å². The van der Waals surface area contributed by atoms with Crippen molar-refractivity contribution in [3.05, 3.63) is 63.7 Å². The number of rotatable bonds is 7. The molecule has 0 aromatic heterocycles. The molecule has 1 aliphatic rings.